The van der Waals surface area contributed by atoms with E-state index in [-0.39, 0.29) is 24.0 Å². The monoisotopic (exact) mass is 575 g/mol. The molecule has 1 aliphatic carbocycles. The van der Waals surface area contributed by atoms with Crippen LogP contribution in [-0.2, 0) is 4.79 Å². The van der Waals surface area contributed by atoms with Crippen molar-refractivity contribution in [3.05, 3.63) is 34.6 Å². The normalized spacial score (nSPS) is 18.5. The highest BCUT2D eigenvalue weighted by atomic mass is 35.5. The Balaban J connectivity index is 1.18. The molecule has 2 saturated heterocycles. The number of amides is 1. The van der Waals surface area contributed by atoms with Crippen LogP contribution in [0.3, 0.4) is 0 Å². The minimum absolute atomic E-state index is 0.00882. The molecule has 0 bridgehead atoms. The smallest absolute Gasteiger partial charge is 0.247 e. The summed E-state index contributed by atoms with van der Waals surface area (Å²) in [5, 5.41) is 40.2. The van der Waals surface area contributed by atoms with Gasteiger partial charge < -0.3 is 25.5 Å². The minimum atomic E-state index is -0.629. The predicted molar refractivity (Wildman–Crippen MR) is 152 cm³/mol. The van der Waals surface area contributed by atoms with Crippen molar-refractivity contribution in [2.24, 2.45) is 0 Å². The summed E-state index contributed by atoms with van der Waals surface area (Å²) in [5.41, 5.74) is 2.43. The minimum Gasteiger partial charge on any atom is -0.393 e. The summed E-state index contributed by atoms with van der Waals surface area (Å²) >= 11 is 6.91. The number of fused-ring (bicyclic) bond motifs is 1. The van der Waals surface area contributed by atoms with Gasteiger partial charge in [-0.1, -0.05) is 11.6 Å². The molecule has 1 atom stereocenters. The Labute approximate surface area is 241 Å². The zero-order valence-electron chi connectivity index (χ0n) is 22.6. The SMILES string of the molecule is C[C@H](O)CC(=O)N1CC(N2CCN(c3cc(C#N)cc(Nc4nc(NC5CC5)c5ncc(C#N)n5n4)c3Cl)CC2)C1. The molecule has 1 amide bonds. The number of benzene rings is 1. The van der Waals surface area contributed by atoms with E-state index in [0.29, 0.717) is 66.0 Å². The lowest BCUT2D eigenvalue weighted by atomic mass is 10.0. The molecule has 14 heteroatoms. The van der Waals surface area contributed by atoms with E-state index in [0.717, 1.165) is 31.6 Å². The Bertz CT molecular complexity index is 1560. The van der Waals surface area contributed by atoms with E-state index in [4.69, 9.17) is 11.6 Å². The molecule has 2 aliphatic heterocycles. The second kappa shape index (κ2) is 11.0. The maximum atomic E-state index is 12.2. The summed E-state index contributed by atoms with van der Waals surface area (Å²) < 4.78 is 1.45. The number of aliphatic hydroxyl groups excluding tert-OH is 1. The Morgan fingerprint density at radius 2 is 1.95 bits per heavy atom. The molecule has 3 aliphatic rings. The number of likely N-dealkylation sites (tertiary alicyclic amines) is 1. The number of carbonyl (C=O) groups is 1. The van der Waals surface area contributed by atoms with E-state index in [2.05, 4.69) is 47.6 Å². The van der Waals surface area contributed by atoms with E-state index >= 15 is 0 Å². The predicted octanol–water partition coefficient (Wildman–Crippen LogP) is 1.94. The van der Waals surface area contributed by atoms with Crippen LogP contribution in [0.15, 0.2) is 18.3 Å². The van der Waals surface area contributed by atoms with E-state index in [1.165, 1.54) is 10.7 Å². The highest BCUT2D eigenvalue weighted by Gasteiger charge is 2.36. The third-order valence-electron chi connectivity index (χ3n) is 7.68. The van der Waals surface area contributed by atoms with Crippen LogP contribution in [0, 0.1) is 22.7 Å². The van der Waals surface area contributed by atoms with Crippen molar-refractivity contribution in [2.75, 3.05) is 54.8 Å². The standard InChI is InChI=1S/C27H30ClN11O2/c1-16(40)8-23(41)38-14-20(15-38)36-4-6-37(7-5-36)22-10-17(11-29)9-21(24(22)28)33-27-34-25(32-18-2-3-18)26-31-13-19(12-30)39(26)35-27/h9-10,13,16,18,20,40H,2-8,14-15H2,1H3,(H2,32,33,34,35)/t16-/m0/s1. The van der Waals surface area contributed by atoms with Crippen molar-refractivity contribution in [3.63, 3.8) is 0 Å². The Kier molecular flexibility index (Phi) is 7.26. The number of nitrogens with one attached hydrogen (secondary N) is 2. The summed E-state index contributed by atoms with van der Waals surface area (Å²) in [6.45, 7) is 6.00. The quantitative estimate of drug-likeness (QED) is 0.360. The van der Waals surface area contributed by atoms with Gasteiger partial charge in [0.15, 0.2) is 17.2 Å². The van der Waals surface area contributed by atoms with Gasteiger partial charge in [0, 0.05) is 51.4 Å². The van der Waals surface area contributed by atoms with Crippen LogP contribution in [0.5, 0.6) is 0 Å². The number of anilines is 4. The number of nitrogens with zero attached hydrogens (tertiary/aromatic N) is 9. The van der Waals surface area contributed by atoms with Gasteiger partial charge in [0.05, 0.1) is 46.8 Å². The molecule has 13 nitrogen and oxygen atoms in total. The van der Waals surface area contributed by atoms with Crippen LogP contribution in [-0.4, -0.2) is 97.9 Å². The third-order valence-corrected chi connectivity index (χ3v) is 8.08. The van der Waals surface area contributed by atoms with Gasteiger partial charge in [-0.25, -0.2) is 4.98 Å². The summed E-state index contributed by atoms with van der Waals surface area (Å²) in [5.74, 6) is 0.741. The van der Waals surface area contributed by atoms with Gasteiger partial charge in [0.1, 0.15) is 6.07 Å². The molecule has 1 aromatic carbocycles. The number of halogens is 1. The zero-order valence-corrected chi connectivity index (χ0v) is 23.3. The second-order valence-electron chi connectivity index (χ2n) is 10.8. The summed E-state index contributed by atoms with van der Waals surface area (Å²) in [6, 6.07) is 8.39. The average molecular weight is 576 g/mol. The molecule has 6 rings (SSSR count). The highest BCUT2D eigenvalue weighted by Crippen LogP contribution is 2.37. The molecule has 41 heavy (non-hydrogen) atoms. The number of hydrogen-bond acceptors (Lipinski definition) is 11. The van der Waals surface area contributed by atoms with E-state index in [1.54, 1.807) is 24.0 Å². The van der Waals surface area contributed by atoms with E-state index in [1.807, 2.05) is 0 Å². The molecule has 0 spiro atoms. The Morgan fingerprint density at radius 1 is 1.20 bits per heavy atom. The van der Waals surface area contributed by atoms with Crippen LogP contribution in [0.1, 0.15) is 37.4 Å². The first-order valence-electron chi connectivity index (χ1n) is 13.7. The van der Waals surface area contributed by atoms with Crippen molar-refractivity contribution in [1.82, 2.24) is 29.4 Å². The average Bonchev–Trinajstić information content (AvgIpc) is 3.64. The Morgan fingerprint density at radius 3 is 2.61 bits per heavy atom. The van der Waals surface area contributed by atoms with Gasteiger partial charge in [0.25, 0.3) is 0 Å². The van der Waals surface area contributed by atoms with Gasteiger partial charge in [-0.2, -0.15) is 20.0 Å². The lowest BCUT2D eigenvalue weighted by Gasteiger charge is -2.48. The highest BCUT2D eigenvalue weighted by molar-refractivity contribution is 6.36. The lowest BCUT2D eigenvalue weighted by molar-refractivity contribution is -0.140. The van der Waals surface area contributed by atoms with Gasteiger partial charge in [-0.15, -0.1) is 5.10 Å². The molecule has 3 aromatic rings. The molecular weight excluding hydrogens is 546 g/mol. The van der Waals surface area contributed by atoms with Crippen molar-refractivity contribution in [1.29, 1.82) is 10.5 Å². The van der Waals surface area contributed by atoms with E-state index in [9.17, 15) is 20.4 Å². The molecule has 0 radical (unpaired) electrons. The molecule has 2 aromatic heterocycles. The molecule has 4 heterocycles. The van der Waals surface area contributed by atoms with Gasteiger partial charge in [-0.05, 0) is 31.9 Å². The van der Waals surface area contributed by atoms with Crippen LogP contribution in [0.2, 0.25) is 5.02 Å². The van der Waals surface area contributed by atoms with Crippen LogP contribution >= 0.6 is 11.6 Å². The first-order valence-corrected chi connectivity index (χ1v) is 14.1. The number of hydrogen-bond donors (Lipinski definition) is 3. The van der Waals surface area contributed by atoms with E-state index < -0.39 is 6.10 Å². The summed E-state index contributed by atoms with van der Waals surface area (Å²) in [6.07, 6.45) is 3.07. The molecule has 1 saturated carbocycles. The maximum absolute atomic E-state index is 12.2. The van der Waals surface area contributed by atoms with Gasteiger partial charge in [-0.3, -0.25) is 9.69 Å². The molecular formula is C27H30ClN11O2. The zero-order chi connectivity index (χ0) is 28.7. The summed E-state index contributed by atoms with van der Waals surface area (Å²) in [7, 11) is 0. The lowest BCUT2D eigenvalue weighted by Crippen LogP contribution is -2.64. The van der Waals surface area contributed by atoms with Crippen molar-refractivity contribution < 1.29 is 9.90 Å². The second-order valence-corrected chi connectivity index (χ2v) is 11.2. The number of carbonyl (C=O) groups excluding carboxylic acids is 1. The first-order chi connectivity index (χ1) is 19.8. The molecule has 3 N–H and O–H groups in total. The molecule has 212 valence electrons. The molecule has 3 fully saturated rings. The fourth-order valence-corrected chi connectivity index (χ4v) is 5.52. The molecule has 0 unspecified atom stereocenters. The fraction of sp³-hybridized carbons (Fsp3) is 0.481. The first kappa shape index (κ1) is 27.0. The largest absolute Gasteiger partial charge is 0.393 e. The number of piperazine rings is 1. The topological polar surface area (TPSA) is 162 Å². The number of aromatic nitrogens is 4. The fourth-order valence-electron chi connectivity index (χ4n) is 5.24. The number of aliphatic hydroxyl groups is 1. The van der Waals surface area contributed by atoms with Crippen molar-refractivity contribution in [2.45, 2.75) is 44.4 Å². The van der Waals surface area contributed by atoms with Crippen LogP contribution in [0.25, 0.3) is 5.65 Å². The van der Waals surface area contributed by atoms with Crippen molar-refractivity contribution in [3.8, 4) is 12.1 Å². The summed E-state index contributed by atoms with van der Waals surface area (Å²) in [4.78, 5) is 27.4. The van der Waals surface area contributed by atoms with Crippen molar-refractivity contribution >= 4 is 46.3 Å². The van der Waals surface area contributed by atoms with Crippen LogP contribution < -0.4 is 15.5 Å². The maximum Gasteiger partial charge on any atom is 0.247 e. The number of nitriles is 2. The van der Waals surface area contributed by atoms with Gasteiger partial charge in [0.2, 0.25) is 11.9 Å². The van der Waals surface area contributed by atoms with Gasteiger partial charge >= 0.3 is 0 Å². The van der Waals surface area contributed by atoms with Crippen LogP contribution in [0.4, 0.5) is 23.1 Å². The number of rotatable bonds is 8. The third kappa shape index (κ3) is 5.57. The number of imidazole rings is 1. The Hall–Kier alpha value is -4.17.